The fourth-order valence-electron chi connectivity index (χ4n) is 3.33. The maximum atomic E-state index is 12.9. The molecule has 0 radical (unpaired) electrons. The molecule has 2 aromatic heterocycles. The van der Waals surface area contributed by atoms with E-state index in [-0.39, 0.29) is 12.2 Å². The molecule has 3 heterocycles. The molecule has 5 rings (SSSR count). The van der Waals surface area contributed by atoms with Crippen LogP contribution in [0.1, 0.15) is 17.5 Å². The predicted octanol–water partition coefficient (Wildman–Crippen LogP) is 2.78. The Hall–Kier alpha value is -3.85. The van der Waals surface area contributed by atoms with E-state index >= 15 is 0 Å². The molecule has 0 spiro atoms. The Balaban J connectivity index is 1.44. The summed E-state index contributed by atoms with van der Waals surface area (Å²) in [5.74, 6) is 2.91. The average Bonchev–Trinajstić information content (AvgIpc) is 3.37. The minimum Gasteiger partial charge on any atom is -0.493 e. The number of benzene rings is 2. The first-order valence-corrected chi connectivity index (χ1v) is 10.7. The quantitative estimate of drug-likeness (QED) is 0.419. The van der Waals surface area contributed by atoms with Crippen LogP contribution in [0.2, 0.25) is 0 Å². The van der Waals surface area contributed by atoms with Crippen molar-refractivity contribution in [3.05, 3.63) is 81.4 Å². The molecule has 0 fully saturated rings. The maximum absolute atomic E-state index is 12.9. The van der Waals surface area contributed by atoms with Gasteiger partial charge in [0.25, 0.3) is 5.56 Å². The Labute approximate surface area is 186 Å². The maximum Gasteiger partial charge on any atom is 0.291 e. The van der Waals surface area contributed by atoms with Gasteiger partial charge in [0.1, 0.15) is 13.2 Å². The number of nitrogens with zero attached hydrogens (tertiary/aromatic N) is 3. The van der Waals surface area contributed by atoms with Gasteiger partial charge in [0.2, 0.25) is 4.96 Å². The zero-order valence-electron chi connectivity index (χ0n) is 17.2. The monoisotopic (exact) mass is 449 g/mol. The van der Waals surface area contributed by atoms with Gasteiger partial charge < -0.3 is 18.9 Å². The van der Waals surface area contributed by atoms with Crippen LogP contribution in [0.3, 0.4) is 0 Å². The third-order valence-corrected chi connectivity index (χ3v) is 5.80. The molecular formula is C23H19N3O5S. The van der Waals surface area contributed by atoms with E-state index in [1.165, 1.54) is 15.9 Å². The van der Waals surface area contributed by atoms with E-state index in [4.69, 9.17) is 18.9 Å². The fourth-order valence-corrected chi connectivity index (χ4v) is 4.24. The summed E-state index contributed by atoms with van der Waals surface area (Å²) in [6.45, 7) is 4.30. The van der Waals surface area contributed by atoms with Gasteiger partial charge in [-0.15, -0.1) is 5.10 Å². The zero-order chi connectivity index (χ0) is 22.1. The molecule has 1 aliphatic rings. The smallest absolute Gasteiger partial charge is 0.291 e. The normalized spacial score (nSPS) is 15.7. The Morgan fingerprint density at radius 1 is 1.25 bits per heavy atom. The fraction of sp³-hybridized carbons (Fsp3) is 0.174. The number of aromatic nitrogens is 3. The van der Waals surface area contributed by atoms with E-state index in [0.29, 0.717) is 44.9 Å². The van der Waals surface area contributed by atoms with Crippen molar-refractivity contribution in [1.29, 1.82) is 0 Å². The van der Waals surface area contributed by atoms with Crippen molar-refractivity contribution < 1.29 is 18.9 Å². The molecule has 0 saturated heterocycles. The van der Waals surface area contributed by atoms with Crippen molar-refractivity contribution in [3.63, 3.8) is 0 Å². The third kappa shape index (κ3) is 3.67. The lowest BCUT2D eigenvalue weighted by Gasteiger charge is -2.24. The summed E-state index contributed by atoms with van der Waals surface area (Å²) in [5, 5.41) is 4.38. The Bertz CT molecular complexity index is 1410. The van der Waals surface area contributed by atoms with Crippen LogP contribution in [-0.2, 0) is 0 Å². The van der Waals surface area contributed by atoms with Crippen molar-refractivity contribution >= 4 is 22.4 Å². The van der Waals surface area contributed by atoms with Crippen molar-refractivity contribution in [2.24, 2.45) is 0 Å². The van der Waals surface area contributed by atoms with Gasteiger partial charge in [-0.25, -0.2) is 0 Å². The van der Waals surface area contributed by atoms with Crippen LogP contribution in [0.15, 0.2) is 59.9 Å². The molecular weight excluding hydrogens is 430 g/mol. The lowest BCUT2D eigenvalue weighted by atomic mass is 10.2. The zero-order valence-corrected chi connectivity index (χ0v) is 18.0. The topological polar surface area (TPSA) is 84.2 Å². The van der Waals surface area contributed by atoms with Crippen molar-refractivity contribution in [1.82, 2.24) is 14.6 Å². The van der Waals surface area contributed by atoms with Gasteiger partial charge in [-0.3, -0.25) is 4.79 Å². The molecule has 1 atom stereocenters. The number of rotatable bonds is 6. The predicted molar refractivity (Wildman–Crippen MR) is 120 cm³/mol. The van der Waals surface area contributed by atoms with E-state index in [1.54, 1.807) is 25.3 Å². The Morgan fingerprint density at radius 3 is 2.88 bits per heavy atom. The van der Waals surface area contributed by atoms with Crippen molar-refractivity contribution in [2.75, 3.05) is 20.3 Å². The van der Waals surface area contributed by atoms with Crippen LogP contribution in [0.5, 0.6) is 23.0 Å². The number of hydrogen-bond donors (Lipinski definition) is 0. The third-order valence-electron chi connectivity index (χ3n) is 4.84. The van der Waals surface area contributed by atoms with Gasteiger partial charge in [-0.2, -0.15) is 9.50 Å². The summed E-state index contributed by atoms with van der Waals surface area (Å²) in [4.78, 5) is 17.9. The number of ether oxygens (including phenoxy) is 4. The number of para-hydroxylation sites is 2. The van der Waals surface area contributed by atoms with Gasteiger partial charge >= 0.3 is 0 Å². The van der Waals surface area contributed by atoms with Crippen LogP contribution < -0.4 is 29.0 Å². The highest BCUT2D eigenvalue weighted by atomic mass is 32.1. The van der Waals surface area contributed by atoms with Crippen LogP contribution in [0.4, 0.5) is 0 Å². The summed E-state index contributed by atoms with van der Waals surface area (Å²) in [6.07, 6.45) is 2.96. The van der Waals surface area contributed by atoms with Gasteiger partial charge in [0.15, 0.2) is 34.9 Å². The second kappa shape index (κ2) is 8.35. The summed E-state index contributed by atoms with van der Waals surface area (Å²) in [5.41, 5.74) is 0.557. The standard InChI is InChI=1S/C23H19N3O5S/c1-3-10-29-16-9-8-14(11-18(16)28-2)12-20-22(27)26-23(32-20)24-21(25-26)19-13-30-15-6-4-5-7-17(15)31-19/h3-9,11-12,19H,1,10,13H2,2H3/b20-12-. The molecule has 32 heavy (non-hydrogen) atoms. The highest BCUT2D eigenvalue weighted by molar-refractivity contribution is 7.15. The number of fused-ring (bicyclic) bond motifs is 2. The van der Waals surface area contributed by atoms with Gasteiger partial charge in [0.05, 0.1) is 11.6 Å². The molecule has 1 aliphatic heterocycles. The molecule has 1 unspecified atom stereocenters. The molecule has 0 N–H and O–H groups in total. The number of methoxy groups -OCH3 is 1. The summed E-state index contributed by atoms with van der Waals surface area (Å²) < 4.78 is 24.5. The van der Waals surface area contributed by atoms with Crippen LogP contribution >= 0.6 is 11.3 Å². The largest absolute Gasteiger partial charge is 0.493 e. The van der Waals surface area contributed by atoms with E-state index in [1.807, 2.05) is 36.4 Å². The van der Waals surface area contributed by atoms with E-state index in [2.05, 4.69) is 16.7 Å². The molecule has 0 aliphatic carbocycles. The average molecular weight is 449 g/mol. The highest BCUT2D eigenvalue weighted by Crippen LogP contribution is 2.35. The molecule has 2 aromatic carbocycles. The first-order valence-electron chi connectivity index (χ1n) is 9.87. The molecule has 4 aromatic rings. The van der Waals surface area contributed by atoms with E-state index in [9.17, 15) is 4.79 Å². The lowest BCUT2D eigenvalue weighted by molar-refractivity contribution is 0.0852. The summed E-state index contributed by atoms with van der Waals surface area (Å²) in [6, 6.07) is 12.9. The van der Waals surface area contributed by atoms with E-state index < -0.39 is 6.10 Å². The van der Waals surface area contributed by atoms with Crippen molar-refractivity contribution in [2.45, 2.75) is 6.10 Å². The molecule has 0 saturated carbocycles. The van der Waals surface area contributed by atoms with Gasteiger partial charge in [-0.1, -0.05) is 42.2 Å². The SMILES string of the molecule is C=CCOc1ccc(/C=c2\sc3nc(C4COc5ccccc5O4)nn3c2=O)cc1OC. The van der Waals surface area contributed by atoms with Gasteiger partial charge in [0, 0.05) is 0 Å². The van der Waals surface area contributed by atoms with Gasteiger partial charge in [-0.05, 0) is 35.9 Å². The molecule has 162 valence electrons. The minimum absolute atomic E-state index is 0.244. The van der Waals surface area contributed by atoms with Crippen LogP contribution in [0, 0.1) is 0 Å². The van der Waals surface area contributed by atoms with Crippen LogP contribution in [-0.4, -0.2) is 34.9 Å². The molecule has 0 bridgehead atoms. The molecule has 8 nitrogen and oxygen atoms in total. The Kier molecular flexibility index (Phi) is 5.24. The van der Waals surface area contributed by atoms with E-state index in [0.717, 1.165) is 5.56 Å². The summed E-state index contributed by atoms with van der Waals surface area (Å²) >= 11 is 1.26. The Morgan fingerprint density at radius 2 is 2.09 bits per heavy atom. The highest BCUT2D eigenvalue weighted by Gasteiger charge is 2.27. The molecule has 0 amide bonds. The second-order valence-electron chi connectivity index (χ2n) is 6.95. The summed E-state index contributed by atoms with van der Waals surface area (Å²) in [7, 11) is 1.57. The first kappa shape index (κ1) is 20.1. The first-order chi connectivity index (χ1) is 15.7. The van der Waals surface area contributed by atoms with Crippen molar-refractivity contribution in [3.8, 4) is 23.0 Å². The minimum atomic E-state index is -0.476. The lowest BCUT2D eigenvalue weighted by Crippen LogP contribution is -2.26. The second-order valence-corrected chi connectivity index (χ2v) is 7.96. The number of thiazole rings is 1. The molecule has 9 heteroatoms. The number of hydrogen-bond acceptors (Lipinski definition) is 8. The van der Waals surface area contributed by atoms with Crippen LogP contribution in [0.25, 0.3) is 11.0 Å².